The Bertz CT molecular complexity index is 1110. The Hall–Kier alpha value is -3.67. The molecule has 0 aliphatic rings. The summed E-state index contributed by atoms with van der Waals surface area (Å²) >= 11 is 0. The monoisotopic (exact) mass is 404 g/mol. The van der Waals surface area contributed by atoms with E-state index in [1.54, 1.807) is 7.11 Å². The minimum atomic E-state index is 0.476. The van der Waals surface area contributed by atoms with Gasteiger partial charge >= 0.3 is 5.95 Å². The molecule has 0 fully saturated rings. The molecule has 0 radical (unpaired) electrons. The molecule has 1 heterocycles. The van der Waals surface area contributed by atoms with Gasteiger partial charge in [-0.3, -0.25) is 5.73 Å². The predicted molar refractivity (Wildman–Crippen MR) is 117 cm³/mol. The first-order chi connectivity index (χ1) is 14.8. The van der Waals surface area contributed by atoms with E-state index in [-0.39, 0.29) is 0 Å². The summed E-state index contributed by atoms with van der Waals surface area (Å²) in [7, 11) is 1.64. The van der Waals surface area contributed by atoms with E-state index in [1.165, 1.54) is 0 Å². The lowest BCUT2D eigenvalue weighted by atomic mass is 10.3. The fourth-order valence-electron chi connectivity index (χ4n) is 3.54. The number of fused-ring (bicyclic) bond motifs is 1. The number of anilines is 1. The molecule has 0 saturated heterocycles. The number of nitrogens with zero attached hydrogens (tertiary/aromatic N) is 2. The normalized spacial score (nSPS) is 10.8. The second-order valence-corrected chi connectivity index (χ2v) is 6.81. The minimum absolute atomic E-state index is 0.476. The van der Waals surface area contributed by atoms with Crippen LogP contribution in [0.1, 0.15) is 0 Å². The van der Waals surface area contributed by atoms with E-state index in [9.17, 15) is 0 Å². The molecule has 4 aromatic rings. The number of rotatable bonds is 9. The largest absolute Gasteiger partial charge is 0.493 e. The lowest BCUT2D eigenvalue weighted by Gasteiger charge is -2.10. The second kappa shape index (κ2) is 9.22. The highest BCUT2D eigenvalue weighted by Gasteiger charge is 2.20. The van der Waals surface area contributed by atoms with E-state index in [4.69, 9.17) is 19.9 Å². The number of hydrogen-bond acceptors (Lipinski definition) is 4. The summed E-state index contributed by atoms with van der Waals surface area (Å²) in [5, 5.41) is 0. The van der Waals surface area contributed by atoms with Crippen molar-refractivity contribution in [3.05, 3.63) is 78.9 Å². The number of benzene rings is 3. The Labute approximate surface area is 176 Å². The van der Waals surface area contributed by atoms with Gasteiger partial charge in [0.15, 0.2) is 11.5 Å². The van der Waals surface area contributed by atoms with Crippen molar-refractivity contribution in [2.75, 3.05) is 26.1 Å². The van der Waals surface area contributed by atoms with Crippen LogP contribution in [0.25, 0.3) is 11.0 Å². The van der Waals surface area contributed by atoms with E-state index < -0.39 is 0 Å². The second-order valence-electron chi connectivity index (χ2n) is 6.81. The van der Waals surface area contributed by atoms with Gasteiger partial charge in [-0.05, 0) is 36.4 Å². The molecule has 0 aliphatic carbocycles. The number of para-hydroxylation sites is 5. The van der Waals surface area contributed by atoms with Crippen molar-refractivity contribution in [2.45, 2.75) is 13.1 Å². The highest BCUT2D eigenvalue weighted by Crippen LogP contribution is 2.26. The van der Waals surface area contributed by atoms with Crippen LogP contribution in [0.15, 0.2) is 78.9 Å². The summed E-state index contributed by atoms with van der Waals surface area (Å²) < 4.78 is 21.3. The lowest BCUT2D eigenvalue weighted by molar-refractivity contribution is -0.658. The molecule has 30 heavy (non-hydrogen) atoms. The average molecular weight is 404 g/mol. The topological polar surface area (TPSA) is 62.5 Å². The lowest BCUT2D eigenvalue weighted by Crippen LogP contribution is -2.39. The van der Waals surface area contributed by atoms with Gasteiger partial charge in [-0.25, -0.2) is 9.13 Å². The summed E-state index contributed by atoms with van der Waals surface area (Å²) in [5.41, 5.74) is 8.66. The van der Waals surface area contributed by atoms with E-state index in [0.717, 1.165) is 28.3 Å². The summed E-state index contributed by atoms with van der Waals surface area (Å²) in [5.74, 6) is 2.97. The molecule has 0 atom stereocenters. The van der Waals surface area contributed by atoms with Crippen molar-refractivity contribution in [2.24, 2.45) is 0 Å². The van der Waals surface area contributed by atoms with Gasteiger partial charge in [0.2, 0.25) is 0 Å². The molecule has 4 rings (SSSR count). The molecule has 1 aromatic heterocycles. The SMILES string of the molecule is COc1ccccc1OCCn1c(N)[n+](CCOc2ccccc2)c2ccccc21. The zero-order chi connectivity index (χ0) is 20.8. The van der Waals surface area contributed by atoms with Crippen LogP contribution >= 0.6 is 0 Å². The molecule has 154 valence electrons. The van der Waals surface area contributed by atoms with E-state index in [1.807, 2.05) is 66.7 Å². The van der Waals surface area contributed by atoms with Gasteiger partial charge in [-0.1, -0.05) is 42.5 Å². The van der Waals surface area contributed by atoms with Crippen molar-refractivity contribution in [3.8, 4) is 17.2 Å². The summed E-state index contributed by atoms with van der Waals surface area (Å²) in [6.07, 6.45) is 0. The van der Waals surface area contributed by atoms with Gasteiger partial charge in [-0.2, -0.15) is 0 Å². The number of ether oxygens (including phenoxy) is 3. The fourth-order valence-corrected chi connectivity index (χ4v) is 3.54. The Balaban J connectivity index is 1.48. The third-order valence-electron chi connectivity index (χ3n) is 4.98. The number of nitrogen functional groups attached to an aromatic ring is 1. The Morgan fingerprint density at radius 3 is 2.30 bits per heavy atom. The standard InChI is InChI=1S/C24H25N3O3/c1-28-22-13-7-8-14-23(22)30-18-16-27-21-12-6-5-11-20(21)26(24(27)25)15-17-29-19-9-3-2-4-10-19/h2-14,25H,15-18H2,1H3/p+1. The van der Waals surface area contributed by atoms with Gasteiger partial charge in [0.05, 0.1) is 7.11 Å². The van der Waals surface area contributed by atoms with Gasteiger partial charge in [0.1, 0.15) is 43.1 Å². The first-order valence-electron chi connectivity index (χ1n) is 9.98. The first kappa shape index (κ1) is 19.6. The van der Waals surface area contributed by atoms with Crippen LogP contribution in [0, 0.1) is 0 Å². The first-order valence-corrected chi connectivity index (χ1v) is 9.98. The minimum Gasteiger partial charge on any atom is -0.493 e. The molecule has 0 saturated carbocycles. The van der Waals surface area contributed by atoms with Crippen LogP contribution in [0.5, 0.6) is 17.2 Å². The van der Waals surface area contributed by atoms with E-state index in [0.29, 0.717) is 32.3 Å². The molecular formula is C24H26N3O3+. The maximum absolute atomic E-state index is 6.52. The van der Waals surface area contributed by atoms with Crippen LogP contribution < -0.4 is 24.5 Å². The molecule has 6 heteroatoms. The van der Waals surface area contributed by atoms with Gasteiger partial charge < -0.3 is 14.2 Å². The number of methoxy groups -OCH3 is 1. The van der Waals surface area contributed by atoms with Crippen molar-refractivity contribution in [1.29, 1.82) is 0 Å². The molecule has 0 bridgehead atoms. The zero-order valence-electron chi connectivity index (χ0n) is 17.0. The number of aromatic nitrogens is 2. The maximum Gasteiger partial charge on any atom is 0.356 e. The van der Waals surface area contributed by atoms with Crippen LogP contribution in [0.3, 0.4) is 0 Å². The molecule has 6 nitrogen and oxygen atoms in total. The van der Waals surface area contributed by atoms with E-state index >= 15 is 0 Å². The number of imidazole rings is 1. The average Bonchev–Trinajstić information content (AvgIpc) is 3.06. The fraction of sp³-hybridized carbons (Fsp3) is 0.208. The summed E-state index contributed by atoms with van der Waals surface area (Å²) in [6.45, 7) is 2.28. The van der Waals surface area contributed by atoms with Crippen molar-refractivity contribution in [1.82, 2.24) is 4.57 Å². The highest BCUT2D eigenvalue weighted by molar-refractivity contribution is 5.73. The smallest absolute Gasteiger partial charge is 0.356 e. The van der Waals surface area contributed by atoms with Crippen molar-refractivity contribution < 1.29 is 18.8 Å². The van der Waals surface area contributed by atoms with Crippen LogP contribution in [0.4, 0.5) is 5.95 Å². The highest BCUT2D eigenvalue weighted by atomic mass is 16.5. The van der Waals surface area contributed by atoms with Gasteiger partial charge in [0.25, 0.3) is 0 Å². The maximum atomic E-state index is 6.52. The Morgan fingerprint density at radius 2 is 1.50 bits per heavy atom. The Morgan fingerprint density at radius 1 is 0.800 bits per heavy atom. The summed E-state index contributed by atoms with van der Waals surface area (Å²) in [6, 6.07) is 25.6. The zero-order valence-corrected chi connectivity index (χ0v) is 17.0. The quantitative estimate of drug-likeness (QED) is 0.432. The molecule has 0 aliphatic heterocycles. The van der Waals surface area contributed by atoms with Crippen LogP contribution in [-0.4, -0.2) is 24.9 Å². The molecule has 0 unspecified atom stereocenters. The predicted octanol–water partition coefficient (Wildman–Crippen LogP) is 3.68. The van der Waals surface area contributed by atoms with Crippen LogP contribution in [0.2, 0.25) is 0 Å². The third kappa shape index (κ3) is 4.17. The number of nitrogens with two attached hydrogens (primary N) is 1. The summed E-state index contributed by atoms with van der Waals surface area (Å²) in [4.78, 5) is 0. The van der Waals surface area contributed by atoms with Gasteiger partial charge in [-0.15, -0.1) is 0 Å². The molecule has 3 aromatic carbocycles. The van der Waals surface area contributed by atoms with Crippen molar-refractivity contribution >= 4 is 17.0 Å². The Kier molecular flexibility index (Phi) is 6.03. The van der Waals surface area contributed by atoms with Crippen LogP contribution in [-0.2, 0) is 13.1 Å². The van der Waals surface area contributed by atoms with Gasteiger partial charge in [0, 0.05) is 0 Å². The number of hydrogen-bond donors (Lipinski definition) is 1. The molecule has 0 amide bonds. The molecule has 0 spiro atoms. The molecular weight excluding hydrogens is 378 g/mol. The third-order valence-corrected chi connectivity index (χ3v) is 4.98. The van der Waals surface area contributed by atoms with E-state index in [2.05, 4.69) is 21.3 Å². The molecule has 2 N–H and O–H groups in total. The van der Waals surface area contributed by atoms with Crippen molar-refractivity contribution in [3.63, 3.8) is 0 Å².